The minimum Gasteiger partial charge on any atom is -0.497 e. The first-order chi connectivity index (χ1) is 13.8. The molecule has 1 saturated heterocycles. The molecule has 1 heterocycles. The predicted octanol–water partition coefficient (Wildman–Crippen LogP) is 2.43. The van der Waals surface area contributed by atoms with E-state index >= 15 is 0 Å². The van der Waals surface area contributed by atoms with Gasteiger partial charge in [0.2, 0.25) is 0 Å². The molecule has 164 valence electrons. The average molecular weight is 406 g/mol. The Morgan fingerprint density at radius 2 is 1.86 bits per heavy atom. The normalized spacial score (nSPS) is 17.6. The molecule has 0 aliphatic carbocycles. The Labute approximate surface area is 176 Å². The molecule has 2 N–H and O–H groups in total. The van der Waals surface area contributed by atoms with Gasteiger partial charge in [-0.25, -0.2) is 0 Å². The van der Waals surface area contributed by atoms with Crippen molar-refractivity contribution in [2.75, 3.05) is 65.9 Å². The Bertz CT molecular complexity index is 653. The van der Waals surface area contributed by atoms with Crippen molar-refractivity contribution in [1.29, 1.82) is 0 Å². The molecule has 2 rings (SSSR count). The second-order valence-electron chi connectivity index (χ2n) is 8.74. The third-order valence-electron chi connectivity index (χ3n) is 4.98. The highest BCUT2D eigenvalue weighted by atomic mass is 16.5. The lowest BCUT2D eigenvalue weighted by Gasteiger charge is -2.27. The summed E-state index contributed by atoms with van der Waals surface area (Å²) < 4.78 is 10.8. The van der Waals surface area contributed by atoms with Gasteiger partial charge in [-0.05, 0) is 32.9 Å². The minimum absolute atomic E-state index is 0.130. The van der Waals surface area contributed by atoms with Gasteiger partial charge < -0.3 is 29.9 Å². The number of nitrogens with zero attached hydrogens (tertiary/aromatic N) is 3. The number of anilines is 1. The predicted molar refractivity (Wildman–Crippen MR) is 122 cm³/mol. The number of rotatable bonds is 9. The van der Waals surface area contributed by atoms with E-state index in [1.807, 2.05) is 6.07 Å². The third kappa shape index (κ3) is 7.31. The van der Waals surface area contributed by atoms with Crippen molar-refractivity contribution in [2.24, 2.45) is 10.4 Å². The van der Waals surface area contributed by atoms with Gasteiger partial charge in [0.25, 0.3) is 0 Å². The molecule has 7 nitrogen and oxygen atoms in total. The van der Waals surface area contributed by atoms with Crippen LogP contribution < -0.4 is 25.0 Å². The molecule has 1 aliphatic heterocycles. The van der Waals surface area contributed by atoms with Crippen molar-refractivity contribution < 1.29 is 9.47 Å². The van der Waals surface area contributed by atoms with E-state index in [-0.39, 0.29) is 5.41 Å². The van der Waals surface area contributed by atoms with Crippen molar-refractivity contribution in [2.45, 2.75) is 33.2 Å². The van der Waals surface area contributed by atoms with Gasteiger partial charge in [0.15, 0.2) is 5.96 Å². The topological polar surface area (TPSA) is 61.4 Å². The van der Waals surface area contributed by atoms with Crippen LogP contribution in [0.15, 0.2) is 23.2 Å². The molecule has 1 fully saturated rings. The molecule has 0 amide bonds. The van der Waals surface area contributed by atoms with E-state index in [1.54, 1.807) is 14.2 Å². The molecular weight excluding hydrogens is 366 g/mol. The molecule has 7 heteroatoms. The van der Waals surface area contributed by atoms with Gasteiger partial charge >= 0.3 is 0 Å². The fourth-order valence-electron chi connectivity index (χ4n) is 3.80. The van der Waals surface area contributed by atoms with Gasteiger partial charge in [0.1, 0.15) is 11.5 Å². The van der Waals surface area contributed by atoms with E-state index in [2.05, 4.69) is 67.4 Å². The van der Waals surface area contributed by atoms with Gasteiger partial charge in [-0.3, -0.25) is 4.99 Å². The summed E-state index contributed by atoms with van der Waals surface area (Å²) in [6.45, 7) is 11.2. The van der Waals surface area contributed by atoms with Crippen LogP contribution in [0.5, 0.6) is 11.5 Å². The largest absolute Gasteiger partial charge is 0.497 e. The van der Waals surface area contributed by atoms with Crippen LogP contribution in [0.4, 0.5) is 5.69 Å². The van der Waals surface area contributed by atoms with Crippen LogP contribution in [0, 0.1) is 5.41 Å². The molecule has 0 aromatic heterocycles. The summed E-state index contributed by atoms with van der Waals surface area (Å²) in [6.07, 6.45) is 1.06. The summed E-state index contributed by atoms with van der Waals surface area (Å²) in [4.78, 5) is 9.44. The van der Waals surface area contributed by atoms with Gasteiger partial charge in [0, 0.05) is 62.7 Å². The number of nitrogens with one attached hydrogen (secondary N) is 2. The molecule has 29 heavy (non-hydrogen) atoms. The Morgan fingerprint density at radius 1 is 1.21 bits per heavy atom. The summed E-state index contributed by atoms with van der Waals surface area (Å²) in [5.41, 5.74) is 1.25. The van der Waals surface area contributed by atoms with Crippen LogP contribution in [0.2, 0.25) is 0 Å². The number of benzene rings is 1. The number of guanidine groups is 1. The molecule has 1 aliphatic rings. The zero-order valence-electron chi connectivity index (χ0n) is 19.2. The maximum Gasteiger partial charge on any atom is 0.191 e. The molecule has 0 radical (unpaired) electrons. The number of aliphatic imine (C=N–C) groups is 1. The maximum atomic E-state index is 5.42. The van der Waals surface area contributed by atoms with Gasteiger partial charge in [0.05, 0.1) is 14.2 Å². The molecule has 0 spiro atoms. The van der Waals surface area contributed by atoms with E-state index in [9.17, 15) is 0 Å². The van der Waals surface area contributed by atoms with Crippen LogP contribution in [0.3, 0.4) is 0 Å². The molecular formula is C22H39N5O2. The van der Waals surface area contributed by atoms with E-state index in [0.717, 1.165) is 62.3 Å². The summed E-state index contributed by atoms with van der Waals surface area (Å²) >= 11 is 0. The first-order valence-corrected chi connectivity index (χ1v) is 10.4. The van der Waals surface area contributed by atoms with Crippen molar-refractivity contribution >= 4 is 11.6 Å². The van der Waals surface area contributed by atoms with Crippen molar-refractivity contribution in [3.63, 3.8) is 0 Å². The van der Waals surface area contributed by atoms with Crippen molar-refractivity contribution in [1.82, 2.24) is 15.5 Å². The Morgan fingerprint density at radius 3 is 2.41 bits per heavy atom. The first kappa shape index (κ1) is 23.1. The SMILES string of the molecule is CCNC(=NCC(C)(C)CN(C)C)NC1CCN(c2cc(OC)cc(OC)c2)C1. The van der Waals surface area contributed by atoms with Gasteiger partial charge in [-0.1, -0.05) is 13.8 Å². The van der Waals surface area contributed by atoms with E-state index in [0.29, 0.717) is 6.04 Å². The van der Waals surface area contributed by atoms with Gasteiger partial charge in [-0.15, -0.1) is 0 Å². The van der Waals surface area contributed by atoms with Crippen LogP contribution in [0.1, 0.15) is 27.2 Å². The lowest BCUT2D eigenvalue weighted by atomic mass is 9.93. The molecule has 0 bridgehead atoms. The van der Waals surface area contributed by atoms with Crippen LogP contribution in [-0.2, 0) is 0 Å². The summed E-state index contributed by atoms with van der Waals surface area (Å²) in [5, 5.41) is 7.01. The number of ether oxygens (including phenoxy) is 2. The monoisotopic (exact) mass is 405 g/mol. The lowest BCUT2D eigenvalue weighted by Crippen LogP contribution is -2.45. The van der Waals surface area contributed by atoms with E-state index in [4.69, 9.17) is 14.5 Å². The van der Waals surface area contributed by atoms with Crippen molar-refractivity contribution in [3.05, 3.63) is 18.2 Å². The fourth-order valence-corrected chi connectivity index (χ4v) is 3.80. The number of hydrogen-bond donors (Lipinski definition) is 2. The van der Waals surface area contributed by atoms with E-state index < -0.39 is 0 Å². The quantitative estimate of drug-likeness (QED) is 0.486. The third-order valence-corrected chi connectivity index (χ3v) is 4.98. The second-order valence-corrected chi connectivity index (χ2v) is 8.74. The minimum atomic E-state index is 0.130. The highest BCUT2D eigenvalue weighted by Gasteiger charge is 2.25. The number of methoxy groups -OCH3 is 2. The Balaban J connectivity index is 2.01. The highest BCUT2D eigenvalue weighted by molar-refractivity contribution is 5.80. The molecule has 1 aromatic rings. The summed E-state index contributed by atoms with van der Waals surface area (Å²) in [7, 11) is 7.58. The fraction of sp³-hybridized carbons (Fsp3) is 0.682. The van der Waals surface area contributed by atoms with Crippen LogP contribution in [-0.4, -0.2) is 77.9 Å². The molecule has 1 aromatic carbocycles. The standard InChI is InChI=1S/C22H39N5O2/c1-8-23-21(24-15-22(2,3)16-26(4)5)25-17-9-10-27(14-17)18-11-19(28-6)13-20(12-18)29-7/h11-13,17H,8-10,14-16H2,1-7H3,(H2,23,24,25). The summed E-state index contributed by atoms with van der Waals surface area (Å²) in [5.74, 6) is 2.52. The highest BCUT2D eigenvalue weighted by Crippen LogP contribution is 2.30. The maximum absolute atomic E-state index is 5.42. The average Bonchev–Trinajstić information content (AvgIpc) is 3.13. The van der Waals surface area contributed by atoms with Crippen molar-refractivity contribution in [3.8, 4) is 11.5 Å². The van der Waals surface area contributed by atoms with Gasteiger partial charge in [-0.2, -0.15) is 0 Å². The summed E-state index contributed by atoms with van der Waals surface area (Å²) in [6, 6.07) is 6.38. The lowest BCUT2D eigenvalue weighted by molar-refractivity contribution is 0.248. The Hall–Kier alpha value is -2.15. The molecule has 0 saturated carbocycles. The molecule has 1 atom stereocenters. The zero-order chi connectivity index (χ0) is 21.4. The zero-order valence-corrected chi connectivity index (χ0v) is 19.2. The first-order valence-electron chi connectivity index (χ1n) is 10.4. The number of hydrogen-bond acceptors (Lipinski definition) is 5. The smallest absolute Gasteiger partial charge is 0.191 e. The van der Waals surface area contributed by atoms with Crippen LogP contribution in [0.25, 0.3) is 0 Å². The Kier molecular flexibility index (Phi) is 8.44. The molecule has 1 unspecified atom stereocenters. The second kappa shape index (κ2) is 10.6. The van der Waals surface area contributed by atoms with Crippen LogP contribution >= 0.6 is 0 Å². The van der Waals surface area contributed by atoms with E-state index in [1.165, 1.54) is 0 Å².